The molecule has 3 rings (SSSR count). The van der Waals surface area contributed by atoms with Gasteiger partial charge in [0.15, 0.2) is 0 Å². The highest BCUT2D eigenvalue weighted by atomic mass is 14.9. The molecule has 2 N–H and O–H groups in total. The summed E-state index contributed by atoms with van der Waals surface area (Å²) in [4.78, 5) is 7.32. The molecular formula is C19H16N4. The van der Waals surface area contributed by atoms with Gasteiger partial charge in [0.1, 0.15) is 6.07 Å². The van der Waals surface area contributed by atoms with Crippen LogP contribution in [0.5, 0.6) is 0 Å². The van der Waals surface area contributed by atoms with Gasteiger partial charge in [0.2, 0.25) is 0 Å². The van der Waals surface area contributed by atoms with Crippen molar-refractivity contribution >= 4 is 28.4 Å². The van der Waals surface area contributed by atoms with Crippen molar-refractivity contribution in [2.75, 3.05) is 5.32 Å². The molecule has 0 aliphatic rings. The minimum absolute atomic E-state index is 0.504. The lowest BCUT2D eigenvalue weighted by molar-refractivity contribution is 1.28. The summed E-state index contributed by atoms with van der Waals surface area (Å²) in [5.74, 6) is 0. The Balaban J connectivity index is 2.10. The molecule has 0 spiro atoms. The number of nitrogens with zero attached hydrogens (tertiary/aromatic N) is 2. The Bertz CT molecular complexity index is 942. The number of H-pyrrole nitrogens is 1. The molecule has 0 aliphatic carbocycles. The van der Waals surface area contributed by atoms with Crippen molar-refractivity contribution in [2.24, 2.45) is 0 Å². The number of aromatic amines is 1. The molecule has 112 valence electrons. The van der Waals surface area contributed by atoms with E-state index in [1.807, 2.05) is 36.5 Å². The summed E-state index contributed by atoms with van der Waals surface area (Å²) in [6.07, 6.45) is 10.6. The topological polar surface area (TPSA) is 64.5 Å². The lowest BCUT2D eigenvalue weighted by Crippen LogP contribution is -1.99. The van der Waals surface area contributed by atoms with Crippen LogP contribution in [-0.2, 0) is 0 Å². The number of aryl methyl sites for hydroxylation is 1. The Kier molecular flexibility index (Phi) is 3.94. The van der Waals surface area contributed by atoms with E-state index in [0.717, 1.165) is 33.4 Å². The molecule has 0 fully saturated rings. The lowest BCUT2D eigenvalue weighted by Gasteiger charge is -2.14. The van der Waals surface area contributed by atoms with Crippen molar-refractivity contribution in [1.82, 2.24) is 9.97 Å². The molecule has 1 aromatic carbocycles. The monoisotopic (exact) mass is 300 g/mol. The van der Waals surface area contributed by atoms with Crippen LogP contribution in [0.15, 0.2) is 55.5 Å². The van der Waals surface area contributed by atoms with Crippen LogP contribution in [0.25, 0.3) is 17.0 Å². The van der Waals surface area contributed by atoms with E-state index in [-0.39, 0.29) is 0 Å². The average Bonchev–Trinajstić information content (AvgIpc) is 3.05. The van der Waals surface area contributed by atoms with Crippen LogP contribution in [0.2, 0.25) is 0 Å². The van der Waals surface area contributed by atoms with Crippen molar-refractivity contribution < 1.29 is 0 Å². The van der Waals surface area contributed by atoms with Crippen molar-refractivity contribution in [2.45, 2.75) is 6.92 Å². The fraction of sp³-hybridized carbons (Fsp3) is 0.0526. The Labute approximate surface area is 134 Å². The third-order valence-corrected chi connectivity index (χ3v) is 3.77. The first-order valence-corrected chi connectivity index (χ1v) is 7.25. The molecule has 4 nitrogen and oxygen atoms in total. The average molecular weight is 300 g/mol. The summed E-state index contributed by atoms with van der Waals surface area (Å²) < 4.78 is 0. The molecule has 23 heavy (non-hydrogen) atoms. The largest absolute Gasteiger partial charge is 0.361 e. The molecule has 2 heterocycles. The molecule has 0 atom stereocenters. The molecule has 3 aromatic rings. The van der Waals surface area contributed by atoms with Crippen molar-refractivity contribution in [3.8, 4) is 6.07 Å². The maximum Gasteiger partial charge on any atom is 0.103 e. The number of fused-ring (bicyclic) bond motifs is 1. The zero-order valence-corrected chi connectivity index (χ0v) is 12.8. The van der Waals surface area contributed by atoms with Gasteiger partial charge in [-0.2, -0.15) is 5.26 Å². The zero-order chi connectivity index (χ0) is 16.2. The highest BCUT2D eigenvalue weighted by Crippen LogP contribution is 2.30. The van der Waals surface area contributed by atoms with Gasteiger partial charge in [-0.25, -0.2) is 0 Å². The Morgan fingerprint density at radius 1 is 1.30 bits per heavy atom. The van der Waals surface area contributed by atoms with Crippen LogP contribution in [0.4, 0.5) is 11.4 Å². The maximum atomic E-state index is 9.38. The van der Waals surface area contributed by atoms with E-state index in [2.05, 4.69) is 34.9 Å². The second-order valence-corrected chi connectivity index (χ2v) is 5.16. The number of hydrogen-bond donors (Lipinski definition) is 2. The Morgan fingerprint density at radius 3 is 2.96 bits per heavy atom. The third kappa shape index (κ3) is 2.72. The van der Waals surface area contributed by atoms with Crippen LogP contribution in [0.3, 0.4) is 0 Å². The molecule has 2 aromatic heterocycles. The summed E-state index contributed by atoms with van der Waals surface area (Å²) in [5, 5.41) is 13.9. The van der Waals surface area contributed by atoms with Gasteiger partial charge >= 0.3 is 0 Å². The van der Waals surface area contributed by atoms with Crippen LogP contribution >= 0.6 is 0 Å². The van der Waals surface area contributed by atoms with Gasteiger partial charge in [-0.3, -0.25) is 4.98 Å². The number of rotatable bonds is 4. The highest BCUT2D eigenvalue weighted by Gasteiger charge is 2.10. The van der Waals surface area contributed by atoms with Gasteiger partial charge in [-0.1, -0.05) is 24.8 Å². The number of hydrogen-bond acceptors (Lipinski definition) is 3. The van der Waals surface area contributed by atoms with Crippen LogP contribution in [-0.4, -0.2) is 9.97 Å². The molecular weight excluding hydrogens is 284 g/mol. The number of benzene rings is 1. The first kappa shape index (κ1) is 14.6. The van der Waals surface area contributed by atoms with Crippen LogP contribution < -0.4 is 5.32 Å². The van der Waals surface area contributed by atoms with E-state index in [1.54, 1.807) is 18.5 Å². The van der Waals surface area contributed by atoms with Crippen molar-refractivity contribution in [1.29, 1.82) is 5.26 Å². The zero-order valence-electron chi connectivity index (χ0n) is 12.8. The molecule has 0 bridgehead atoms. The minimum atomic E-state index is 0.504. The van der Waals surface area contributed by atoms with E-state index in [1.165, 1.54) is 0 Å². The quantitative estimate of drug-likeness (QED) is 0.687. The molecule has 0 unspecified atom stereocenters. The summed E-state index contributed by atoms with van der Waals surface area (Å²) in [6, 6.07) is 8.28. The minimum Gasteiger partial charge on any atom is -0.361 e. The molecule has 4 heteroatoms. The highest BCUT2D eigenvalue weighted by molar-refractivity contribution is 5.89. The number of pyridine rings is 1. The predicted molar refractivity (Wildman–Crippen MR) is 94.5 cm³/mol. The molecule has 0 amide bonds. The smallest absolute Gasteiger partial charge is 0.103 e. The SMILES string of the molecule is C=C/C=C/c1cncc(C#N)c1Nc1ccc2[nH]ccc2c1C. The summed E-state index contributed by atoms with van der Waals surface area (Å²) >= 11 is 0. The van der Waals surface area contributed by atoms with E-state index in [0.29, 0.717) is 5.56 Å². The van der Waals surface area contributed by atoms with Crippen LogP contribution in [0, 0.1) is 18.3 Å². The van der Waals surface area contributed by atoms with Gasteiger partial charge in [-0.15, -0.1) is 0 Å². The second kappa shape index (κ2) is 6.20. The number of aromatic nitrogens is 2. The third-order valence-electron chi connectivity index (χ3n) is 3.77. The first-order valence-electron chi connectivity index (χ1n) is 7.25. The lowest BCUT2D eigenvalue weighted by atomic mass is 10.1. The number of nitriles is 1. The Morgan fingerprint density at radius 2 is 2.17 bits per heavy atom. The van der Waals surface area contributed by atoms with Crippen molar-refractivity contribution in [3.63, 3.8) is 0 Å². The fourth-order valence-electron chi connectivity index (χ4n) is 2.55. The first-order chi connectivity index (χ1) is 11.2. The van der Waals surface area contributed by atoms with Gasteiger partial charge in [0.05, 0.1) is 11.3 Å². The molecule has 0 saturated heterocycles. The van der Waals surface area contributed by atoms with Gasteiger partial charge < -0.3 is 10.3 Å². The summed E-state index contributed by atoms with van der Waals surface area (Å²) in [6.45, 7) is 5.74. The van der Waals surface area contributed by atoms with Gasteiger partial charge in [-0.05, 0) is 30.7 Å². The van der Waals surface area contributed by atoms with E-state index >= 15 is 0 Å². The van der Waals surface area contributed by atoms with E-state index in [4.69, 9.17) is 0 Å². The van der Waals surface area contributed by atoms with E-state index in [9.17, 15) is 5.26 Å². The van der Waals surface area contributed by atoms with Gasteiger partial charge in [0, 0.05) is 40.7 Å². The standard InChI is InChI=1S/C19H16N4/c1-3-4-5-14-11-21-12-15(10-20)19(14)23-17-6-7-18-16(13(17)2)8-9-22-18/h3-9,11-12,22H,1H2,2H3,(H,21,23)/b5-4+. The number of anilines is 2. The molecule has 0 aliphatic heterocycles. The predicted octanol–water partition coefficient (Wildman–Crippen LogP) is 4.69. The number of allylic oxidation sites excluding steroid dienone is 2. The Hall–Kier alpha value is -3.32. The summed E-state index contributed by atoms with van der Waals surface area (Å²) in [5.41, 5.74) is 5.28. The molecule has 0 saturated carbocycles. The summed E-state index contributed by atoms with van der Waals surface area (Å²) in [7, 11) is 0. The fourth-order valence-corrected chi connectivity index (χ4v) is 2.55. The van der Waals surface area contributed by atoms with Gasteiger partial charge in [0.25, 0.3) is 0 Å². The number of nitrogens with one attached hydrogen (secondary N) is 2. The second-order valence-electron chi connectivity index (χ2n) is 5.16. The maximum absolute atomic E-state index is 9.38. The van der Waals surface area contributed by atoms with Crippen LogP contribution in [0.1, 0.15) is 16.7 Å². The van der Waals surface area contributed by atoms with Crippen molar-refractivity contribution in [3.05, 3.63) is 72.2 Å². The molecule has 0 radical (unpaired) electrons. The normalized spacial score (nSPS) is 10.8. The van der Waals surface area contributed by atoms with E-state index < -0.39 is 0 Å².